The lowest BCUT2D eigenvalue weighted by Gasteiger charge is -2.16. The van der Waals surface area contributed by atoms with Crippen molar-refractivity contribution in [1.82, 2.24) is 9.90 Å². The molecule has 1 heterocycles. The van der Waals surface area contributed by atoms with E-state index in [1.807, 2.05) is 17.1 Å². The van der Waals surface area contributed by atoms with Crippen molar-refractivity contribution in [2.45, 2.75) is 40.2 Å². The summed E-state index contributed by atoms with van der Waals surface area (Å²) in [4.78, 5) is 0. The maximum Gasteiger partial charge on any atom is 0.160 e. The second-order valence-electron chi connectivity index (χ2n) is 4.78. The van der Waals surface area contributed by atoms with Gasteiger partial charge in [-0.3, -0.25) is 0 Å². The zero-order valence-electron chi connectivity index (χ0n) is 9.40. The summed E-state index contributed by atoms with van der Waals surface area (Å²) in [6, 6.07) is 0. The van der Waals surface area contributed by atoms with Crippen molar-refractivity contribution >= 4 is 6.20 Å². The maximum absolute atomic E-state index is 4.26. The molecule has 0 N–H and O–H groups in total. The van der Waals surface area contributed by atoms with Crippen molar-refractivity contribution in [2.24, 2.45) is 5.41 Å². The third-order valence-electron chi connectivity index (χ3n) is 2.11. The second kappa shape index (κ2) is 4.40. The zero-order valence-corrected chi connectivity index (χ0v) is 9.40. The first-order chi connectivity index (χ1) is 6.51. The molecular weight excluding hydrogens is 174 g/mol. The smallest absolute Gasteiger partial charge is 0.137 e. The molecule has 0 saturated carbocycles. The van der Waals surface area contributed by atoms with E-state index >= 15 is 0 Å². The lowest BCUT2D eigenvalue weighted by Crippen LogP contribution is -2.28. The van der Waals surface area contributed by atoms with Gasteiger partial charge < -0.3 is 0 Å². The fraction of sp³-hybridized carbons (Fsp3) is 0.636. The van der Waals surface area contributed by atoms with Crippen molar-refractivity contribution in [3.63, 3.8) is 0 Å². The predicted octanol–water partition coefficient (Wildman–Crippen LogP) is 2.10. The first kappa shape index (κ1) is 11.0. The van der Waals surface area contributed by atoms with Gasteiger partial charge >= 0.3 is 0 Å². The minimum Gasteiger partial charge on any atom is -0.137 e. The van der Waals surface area contributed by atoms with Crippen LogP contribution >= 0.6 is 0 Å². The molecule has 3 nitrogen and oxygen atoms in total. The summed E-state index contributed by atoms with van der Waals surface area (Å²) in [5.74, 6) is 0. The Bertz CT molecular complexity index is 294. The van der Waals surface area contributed by atoms with E-state index in [4.69, 9.17) is 0 Å². The molecule has 0 aliphatic carbocycles. The average molecular weight is 194 g/mol. The van der Waals surface area contributed by atoms with E-state index in [0.717, 1.165) is 6.54 Å². The Morgan fingerprint density at radius 3 is 2.71 bits per heavy atom. The zero-order chi connectivity index (χ0) is 10.6. The Morgan fingerprint density at radius 2 is 2.21 bits per heavy atom. The molecule has 14 heavy (non-hydrogen) atoms. The molecule has 0 saturated heterocycles. The maximum atomic E-state index is 4.26. The van der Waals surface area contributed by atoms with Crippen molar-refractivity contribution in [1.29, 1.82) is 0 Å². The number of aromatic nitrogens is 3. The molecule has 0 amide bonds. The Kier molecular flexibility index (Phi) is 3.44. The van der Waals surface area contributed by atoms with E-state index < -0.39 is 0 Å². The van der Waals surface area contributed by atoms with Crippen molar-refractivity contribution < 1.29 is 4.68 Å². The second-order valence-corrected chi connectivity index (χ2v) is 4.78. The largest absolute Gasteiger partial charge is 0.160 e. The third kappa shape index (κ3) is 3.73. The van der Waals surface area contributed by atoms with Crippen LogP contribution in [0, 0.1) is 5.41 Å². The molecule has 0 atom stereocenters. The Labute approximate surface area is 86.0 Å². The first-order valence-corrected chi connectivity index (χ1v) is 5.09. The topological polar surface area (TPSA) is 21.7 Å². The molecule has 0 spiro atoms. The van der Waals surface area contributed by atoms with Crippen LogP contribution in [0.5, 0.6) is 0 Å². The number of rotatable bonds is 4. The molecule has 0 fully saturated rings. The lowest BCUT2D eigenvalue weighted by molar-refractivity contribution is -0.636. The van der Waals surface area contributed by atoms with Gasteiger partial charge in [-0.2, -0.15) is 0 Å². The Morgan fingerprint density at radius 1 is 1.50 bits per heavy atom. The van der Waals surface area contributed by atoms with Gasteiger partial charge in [-0.05, 0) is 18.3 Å². The van der Waals surface area contributed by atoms with Gasteiger partial charge in [-0.25, -0.2) is 0 Å². The van der Waals surface area contributed by atoms with Crippen LogP contribution in [0.25, 0.3) is 6.20 Å². The Balaban J connectivity index is 2.35. The summed E-state index contributed by atoms with van der Waals surface area (Å²) < 4.78 is 3.67. The highest BCUT2D eigenvalue weighted by Gasteiger charge is 2.11. The van der Waals surface area contributed by atoms with Gasteiger partial charge in [0.05, 0.1) is 5.21 Å². The minimum absolute atomic E-state index is 0.418. The number of hydrogen-bond donors (Lipinski definition) is 0. The van der Waals surface area contributed by atoms with Gasteiger partial charge in [-0.1, -0.05) is 27.4 Å². The van der Waals surface area contributed by atoms with Crippen molar-refractivity contribution in [3.8, 4) is 0 Å². The van der Waals surface area contributed by atoms with Crippen LogP contribution in [0.1, 0.15) is 33.6 Å². The molecule has 0 aliphatic rings. The summed E-state index contributed by atoms with van der Waals surface area (Å²) in [5, 5.41) is 4.26. The van der Waals surface area contributed by atoms with Crippen LogP contribution in [0.15, 0.2) is 19.0 Å². The predicted molar refractivity (Wildman–Crippen MR) is 57.5 cm³/mol. The van der Waals surface area contributed by atoms with Gasteiger partial charge in [-0.15, -0.1) is 9.36 Å². The van der Waals surface area contributed by atoms with E-state index in [9.17, 15) is 0 Å². The normalized spacial score (nSPS) is 11.6. The van der Waals surface area contributed by atoms with Gasteiger partial charge in [0.1, 0.15) is 12.7 Å². The van der Waals surface area contributed by atoms with Crippen LogP contribution in [0.4, 0.5) is 0 Å². The quantitative estimate of drug-likeness (QED) is 0.673. The van der Waals surface area contributed by atoms with Crippen molar-refractivity contribution in [2.75, 3.05) is 0 Å². The third-order valence-corrected chi connectivity index (χ3v) is 2.11. The van der Waals surface area contributed by atoms with Gasteiger partial charge in [0.15, 0.2) is 12.4 Å². The average Bonchev–Trinajstić information content (AvgIpc) is 2.50. The van der Waals surface area contributed by atoms with Gasteiger partial charge in [0.2, 0.25) is 0 Å². The highest BCUT2D eigenvalue weighted by Crippen LogP contribution is 2.20. The van der Waals surface area contributed by atoms with Crippen molar-refractivity contribution in [3.05, 3.63) is 19.0 Å². The molecular formula is C11H20N3+. The standard InChI is InChI=1S/C11H20N3/c1-5-13-9-10-14(12-13)8-6-7-11(2,3)4/h5,9-10H,1,6-8H2,2-4H3/q+1. The van der Waals surface area contributed by atoms with Crippen LogP contribution in [0.2, 0.25) is 0 Å². The summed E-state index contributed by atoms with van der Waals surface area (Å²) in [6.07, 6.45) is 7.97. The minimum atomic E-state index is 0.418. The molecule has 1 aromatic heterocycles. The fourth-order valence-electron chi connectivity index (χ4n) is 1.33. The highest BCUT2D eigenvalue weighted by atomic mass is 15.5. The molecule has 0 unspecified atom stereocenters. The number of aryl methyl sites for hydroxylation is 1. The van der Waals surface area contributed by atoms with Gasteiger partial charge in [0, 0.05) is 0 Å². The molecule has 0 bridgehead atoms. The molecule has 78 valence electrons. The number of nitrogens with zero attached hydrogens (tertiary/aromatic N) is 3. The molecule has 0 radical (unpaired) electrons. The summed E-state index contributed by atoms with van der Waals surface area (Å²) in [7, 11) is 0. The van der Waals surface area contributed by atoms with E-state index in [1.165, 1.54) is 12.8 Å². The molecule has 3 heteroatoms. The monoisotopic (exact) mass is 194 g/mol. The molecule has 0 aromatic carbocycles. The SMILES string of the molecule is C=C[n+]1ccn(CCCC(C)(C)C)n1. The van der Waals surface area contributed by atoms with Crippen LogP contribution < -0.4 is 4.68 Å². The van der Waals surface area contributed by atoms with E-state index in [1.54, 1.807) is 10.9 Å². The van der Waals surface area contributed by atoms with Crippen LogP contribution in [-0.2, 0) is 6.54 Å². The van der Waals surface area contributed by atoms with Gasteiger partial charge in [0.25, 0.3) is 0 Å². The van der Waals surface area contributed by atoms with Crippen LogP contribution in [0.3, 0.4) is 0 Å². The summed E-state index contributed by atoms with van der Waals surface area (Å²) in [5.41, 5.74) is 0.418. The lowest BCUT2D eigenvalue weighted by atomic mass is 9.91. The fourth-order valence-corrected chi connectivity index (χ4v) is 1.33. The van der Waals surface area contributed by atoms with Crippen LogP contribution in [-0.4, -0.2) is 9.90 Å². The molecule has 1 aromatic rings. The summed E-state index contributed by atoms with van der Waals surface area (Å²) >= 11 is 0. The van der Waals surface area contributed by atoms with E-state index in [0.29, 0.717) is 5.41 Å². The molecule has 0 aliphatic heterocycles. The van der Waals surface area contributed by atoms with E-state index in [2.05, 4.69) is 32.6 Å². The number of hydrogen-bond acceptors (Lipinski definition) is 1. The van der Waals surface area contributed by atoms with E-state index in [-0.39, 0.29) is 0 Å². The molecule has 1 rings (SSSR count). The Hall–Kier alpha value is -1.12. The highest BCUT2D eigenvalue weighted by molar-refractivity contribution is 4.92. The first-order valence-electron chi connectivity index (χ1n) is 5.09. The summed E-state index contributed by atoms with van der Waals surface area (Å²) in [6.45, 7) is 11.4.